The Morgan fingerprint density at radius 1 is 0.825 bits per heavy atom. The van der Waals surface area contributed by atoms with Crippen molar-refractivity contribution in [2.24, 2.45) is 0 Å². The number of halogens is 1. The van der Waals surface area contributed by atoms with E-state index in [-0.39, 0.29) is 28.5 Å². The van der Waals surface area contributed by atoms with E-state index in [0.29, 0.717) is 41.2 Å². The van der Waals surface area contributed by atoms with Crippen LogP contribution < -0.4 is 10.2 Å². The van der Waals surface area contributed by atoms with Crippen molar-refractivity contribution in [3.8, 4) is 0 Å². The standard InChI is InChI=1S/C31H24FN3O4S/c32-26-15-18-40-27(26)28(36)33-22-9-5-19(6-10-22)20-13-16-34(17-14-20)29(37)21-7-11-23(12-8-21)35-30(38)24-3-1-2-4-25(24)31(35)39/h1-12,15,18,20H,13-14,16-17H2,(H,33,36). The number of anilines is 2. The number of fused-ring (bicyclic) bond motifs is 1. The van der Waals surface area contributed by atoms with Crippen LogP contribution in [0, 0.1) is 5.82 Å². The second kappa shape index (κ2) is 10.5. The van der Waals surface area contributed by atoms with Gasteiger partial charge < -0.3 is 10.2 Å². The van der Waals surface area contributed by atoms with E-state index in [0.717, 1.165) is 34.6 Å². The van der Waals surface area contributed by atoms with Crippen LogP contribution in [0.2, 0.25) is 0 Å². The molecule has 3 heterocycles. The third-order valence-corrected chi connectivity index (χ3v) is 8.30. The monoisotopic (exact) mass is 553 g/mol. The van der Waals surface area contributed by atoms with Crippen molar-refractivity contribution in [3.63, 3.8) is 0 Å². The molecule has 0 unspecified atom stereocenters. The Morgan fingerprint density at radius 3 is 2.02 bits per heavy atom. The molecule has 2 aliphatic rings. The summed E-state index contributed by atoms with van der Waals surface area (Å²) in [4.78, 5) is 53.9. The third-order valence-electron chi connectivity index (χ3n) is 7.41. The Kier molecular flexibility index (Phi) is 6.73. The largest absolute Gasteiger partial charge is 0.339 e. The quantitative estimate of drug-likeness (QED) is 0.309. The van der Waals surface area contributed by atoms with Gasteiger partial charge in [0.2, 0.25) is 0 Å². The molecule has 4 amide bonds. The second-order valence-electron chi connectivity index (χ2n) is 9.78. The number of carbonyl (C=O) groups excluding carboxylic acids is 4. The van der Waals surface area contributed by atoms with E-state index in [9.17, 15) is 23.6 Å². The third kappa shape index (κ3) is 4.69. The number of thiophene rings is 1. The zero-order valence-corrected chi connectivity index (χ0v) is 22.1. The number of nitrogens with zero attached hydrogens (tertiary/aromatic N) is 2. The average Bonchev–Trinajstić information content (AvgIpc) is 3.53. The molecule has 0 aliphatic carbocycles. The van der Waals surface area contributed by atoms with E-state index in [4.69, 9.17) is 0 Å². The van der Waals surface area contributed by atoms with Crippen LogP contribution in [0.3, 0.4) is 0 Å². The van der Waals surface area contributed by atoms with Crippen molar-refractivity contribution in [1.82, 2.24) is 4.90 Å². The van der Waals surface area contributed by atoms with Gasteiger partial charge in [0, 0.05) is 24.3 Å². The lowest BCUT2D eigenvalue weighted by Gasteiger charge is -2.32. The van der Waals surface area contributed by atoms with Gasteiger partial charge >= 0.3 is 0 Å². The number of rotatable bonds is 5. The first-order chi connectivity index (χ1) is 19.4. The lowest BCUT2D eigenvalue weighted by atomic mass is 9.89. The maximum atomic E-state index is 13.7. The van der Waals surface area contributed by atoms with E-state index in [1.165, 1.54) is 11.4 Å². The number of hydrogen-bond acceptors (Lipinski definition) is 5. The summed E-state index contributed by atoms with van der Waals surface area (Å²) in [7, 11) is 0. The minimum absolute atomic E-state index is 0.0550. The van der Waals surface area contributed by atoms with Gasteiger partial charge in [-0.1, -0.05) is 24.3 Å². The number of imide groups is 1. The minimum atomic E-state index is -0.529. The Hall–Kier alpha value is -4.63. The molecule has 2 aliphatic heterocycles. The van der Waals surface area contributed by atoms with Gasteiger partial charge in [0.1, 0.15) is 10.7 Å². The molecule has 40 heavy (non-hydrogen) atoms. The van der Waals surface area contributed by atoms with Crippen LogP contribution in [0.4, 0.5) is 15.8 Å². The molecule has 6 rings (SSSR count). The molecule has 0 bridgehead atoms. The molecule has 3 aromatic carbocycles. The Labute approximate surface area is 233 Å². The molecular formula is C31H24FN3O4S. The molecule has 0 atom stereocenters. The van der Waals surface area contributed by atoms with E-state index >= 15 is 0 Å². The van der Waals surface area contributed by atoms with Crippen LogP contribution in [-0.2, 0) is 0 Å². The SMILES string of the molecule is O=C(Nc1ccc(C2CCN(C(=O)c3ccc(N4C(=O)c5ccccc5C4=O)cc3)CC2)cc1)c1sccc1F. The number of likely N-dealkylation sites (tertiary alicyclic amines) is 1. The molecule has 1 aromatic heterocycles. The zero-order valence-electron chi connectivity index (χ0n) is 21.3. The highest BCUT2D eigenvalue weighted by Gasteiger charge is 2.36. The van der Waals surface area contributed by atoms with E-state index in [2.05, 4.69) is 5.32 Å². The van der Waals surface area contributed by atoms with E-state index in [1.54, 1.807) is 48.5 Å². The Morgan fingerprint density at radius 2 is 1.45 bits per heavy atom. The van der Waals surface area contributed by atoms with Crippen molar-refractivity contribution in [3.05, 3.63) is 117 Å². The van der Waals surface area contributed by atoms with Crippen molar-refractivity contribution in [1.29, 1.82) is 0 Å². The van der Waals surface area contributed by atoms with Crippen molar-refractivity contribution in [2.45, 2.75) is 18.8 Å². The smallest absolute Gasteiger partial charge is 0.268 e. The second-order valence-corrected chi connectivity index (χ2v) is 10.7. The van der Waals surface area contributed by atoms with Gasteiger partial charge in [0.25, 0.3) is 23.6 Å². The van der Waals surface area contributed by atoms with Crippen molar-refractivity contribution < 1.29 is 23.6 Å². The highest BCUT2D eigenvalue weighted by atomic mass is 32.1. The number of piperidine rings is 1. The van der Waals surface area contributed by atoms with Crippen LogP contribution in [0.15, 0.2) is 84.2 Å². The summed E-state index contributed by atoms with van der Waals surface area (Å²) in [5.41, 5.74) is 3.41. The van der Waals surface area contributed by atoms with Gasteiger partial charge in [0.15, 0.2) is 0 Å². The molecule has 0 spiro atoms. The lowest BCUT2D eigenvalue weighted by molar-refractivity contribution is 0.0712. The fourth-order valence-corrected chi connectivity index (χ4v) is 5.92. The molecule has 9 heteroatoms. The summed E-state index contributed by atoms with van der Waals surface area (Å²) < 4.78 is 13.7. The number of nitrogens with one attached hydrogen (secondary N) is 1. The molecule has 200 valence electrons. The summed E-state index contributed by atoms with van der Waals surface area (Å²) in [6, 6.07) is 22.1. The molecule has 1 N–H and O–H groups in total. The number of amides is 4. The Bertz CT molecular complexity index is 1590. The molecule has 1 fully saturated rings. The maximum Gasteiger partial charge on any atom is 0.268 e. The lowest BCUT2D eigenvalue weighted by Crippen LogP contribution is -2.38. The molecular weight excluding hydrogens is 529 g/mol. The van der Waals surface area contributed by atoms with Gasteiger partial charge in [-0.2, -0.15) is 0 Å². The molecule has 0 radical (unpaired) electrons. The average molecular weight is 554 g/mol. The summed E-state index contributed by atoms with van der Waals surface area (Å²) in [5.74, 6) is -1.55. The number of benzene rings is 3. The topological polar surface area (TPSA) is 86.8 Å². The first-order valence-electron chi connectivity index (χ1n) is 12.9. The molecule has 4 aromatic rings. The maximum absolute atomic E-state index is 13.7. The predicted molar refractivity (Wildman–Crippen MR) is 151 cm³/mol. The van der Waals surface area contributed by atoms with Crippen LogP contribution >= 0.6 is 11.3 Å². The highest BCUT2D eigenvalue weighted by Crippen LogP contribution is 2.31. The Balaban J connectivity index is 1.05. The zero-order chi connectivity index (χ0) is 27.8. The molecule has 1 saturated heterocycles. The predicted octanol–water partition coefficient (Wildman–Crippen LogP) is 5.96. The normalized spacial score (nSPS) is 15.3. The van der Waals surface area contributed by atoms with Crippen LogP contribution in [0.1, 0.15) is 65.1 Å². The van der Waals surface area contributed by atoms with Gasteiger partial charge in [-0.15, -0.1) is 11.3 Å². The highest BCUT2D eigenvalue weighted by molar-refractivity contribution is 7.12. The van der Waals surface area contributed by atoms with Gasteiger partial charge in [-0.05, 0) is 84.3 Å². The minimum Gasteiger partial charge on any atom is -0.339 e. The summed E-state index contributed by atoms with van der Waals surface area (Å²) >= 11 is 1.06. The number of carbonyl (C=O) groups is 4. The summed E-state index contributed by atoms with van der Waals surface area (Å²) in [6.45, 7) is 1.19. The van der Waals surface area contributed by atoms with Crippen molar-refractivity contribution >= 4 is 46.3 Å². The van der Waals surface area contributed by atoms with Crippen LogP contribution in [-0.4, -0.2) is 41.6 Å². The fraction of sp³-hybridized carbons (Fsp3) is 0.161. The van der Waals surface area contributed by atoms with E-state index < -0.39 is 11.7 Å². The van der Waals surface area contributed by atoms with Gasteiger partial charge in [-0.25, -0.2) is 9.29 Å². The van der Waals surface area contributed by atoms with Crippen molar-refractivity contribution in [2.75, 3.05) is 23.3 Å². The molecule has 7 nitrogen and oxygen atoms in total. The van der Waals surface area contributed by atoms with Crippen LogP contribution in [0.25, 0.3) is 0 Å². The van der Waals surface area contributed by atoms with Crippen LogP contribution in [0.5, 0.6) is 0 Å². The van der Waals surface area contributed by atoms with Gasteiger partial charge in [-0.3, -0.25) is 19.2 Å². The first-order valence-corrected chi connectivity index (χ1v) is 13.8. The summed E-state index contributed by atoms with van der Waals surface area (Å²) in [5, 5.41) is 4.26. The molecule has 0 saturated carbocycles. The number of hydrogen-bond donors (Lipinski definition) is 1. The van der Waals surface area contributed by atoms with Gasteiger partial charge in [0.05, 0.1) is 16.8 Å². The fourth-order valence-electron chi connectivity index (χ4n) is 5.26. The summed E-state index contributed by atoms with van der Waals surface area (Å²) in [6.07, 6.45) is 1.59. The first kappa shape index (κ1) is 25.6. The van der Waals surface area contributed by atoms with E-state index in [1.807, 2.05) is 29.2 Å².